The van der Waals surface area contributed by atoms with Crippen molar-refractivity contribution in [2.45, 2.75) is 31.1 Å². The lowest BCUT2D eigenvalue weighted by atomic mass is 9.93. The third kappa shape index (κ3) is 3.89. The number of urea groups is 1. The Balaban J connectivity index is 1.28. The highest BCUT2D eigenvalue weighted by molar-refractivity contribution is 5.89. The first-order valence-electron chi connectivity index (χ1n) is 9.19. The highest BCUT2D eigenvalue weighted by Gasteiger charge is 2.47. The predicted molar refractivity (Wildman–Crippen MR) is 100 cm³/mol. The van der Waals surface area contributed by atoms with Crippen LogP contribution in [0, 0.1) is 5.92 Å². The summed E-state index contributed by atoms with van der Waals surface area (Å²) in [6, 6.07) is 19.6. The van der Waals surface area contributed by atoms with Crippen molar-refractivity contribution >= 4 is 11.7 Å². The second kappa shape index (κ2) is 7.89. The van der Waals surface area contributed by atoms with Crippen molar-refractivity contribution < 1.29 is 14.3 Å². The zero-order valence-electron chi connectivity index (χ0n) is 14.6. The molecule has 0 aliphatic carbocycles. The first kappa shape index (κ1) is 17.1. The third-order valence-corrected chi connectivity index (χ3v) is 5.15. The van der Waals surface area contributed by atoms with Gasteiger partial charge in [-0.2, -0.15) is 0 Å². The van der Waals surface area contributed by atoms with E-state index >= 15 is 0 Å². The Morgan fingerprint density at radius 1 is 0.923 bits per heavy atom. The van der Waals surface area contributed by atoms with E-state index in [2.05, 4.69) is 34.9 Å². The molecule has 5 nitrogen and oxygen atoms in total. The summed E-state index contributed by atoms with van der Waals surface area (Å²) in [6.07, 6.45) is 2.07. The second-order valence-corrected chi connectivity index (χ2v) is 6.95. The molecule has 26 heavy (non-hydrogen) atoms. The molecular weight excluding hydrogens is 328 g/mol. The molecule has 2 aromatic rings. The third-order valence-electron chi connectivity index (χ3n) is 5.15. The van der Waals surface area contributed by atoms with Gasteiger partial charge < -0.3 is 20.1 Å². The van der Waals surface area contributed by atoms with Crippen molar-refractivity contribution in [1.82, 2.24) is 5.32 Å². The van der Waals surface area contributed by atoms with Gasteiger partial charge in [0.05, 0.1) is 25.4 Å². The fourth-order valence-electron chi connectivity index (χ4n) is 3.80. The summed E-state index contributed by atoms with van der Waals surface area (Å²) in [4.78, 5) is 12.2. The summed E-state index contributed by atoms with van der Waals surface area (Å²) in [6.45, 7) is 1.19. The Labute approximate surface area is 153 Å². The number of nitrogens with one attached hydrogen (secondary N) is 2. The molecule has 0 saturated carbocycles. The molecule has 5 heteroatoms. The van der Waals surface area contributed by atoms with Gasteiger partial charge in [0.1, 0.15) is 6.10 Å². The molecule has 0 bridgehead atoms. The van der Waals surface area contributed by atoms with Crippen LogP contribution in [-0.2, 0) is 15.9 Å². The van der Waals surface area contributed by atoms with E-state index in [1.54, 1.807) is 0 Å². The van der Waals surface area contributed by atoms with Crippen molar-refractivity contribution in [3.8, 4) is 0 Å². The van der Waals surface area contributed by atoms with E-state index in [0.717, 1.165) is 18.5 Å². The van der Waals surface area contributed by atoms with Crippen LogP contribution < -0.4 is 10.6 Å². The van der Waals surface area contributed by atoms with Crippen molar-refractivity contribution in [3.63, 3.8) is 0 Å². The van der Waals surface area contributed by atoms with Gasteiger partial charge in [0.15, 0.2) is 0 Å². The Morgan fingerprint density at radius 3 is 2.38 bits per heavy atom. The lowest BCUT2D eigenvalue weighted by Crippen LogP contribution is -2.45. The molecule has 2 fully saturated rings. The van der Waals surface area contributed by atoms with Gasteiger partial charge in [0.25, 0.3) is 0 Å². The molecule has 2 aliphatic rings. The van der Waals surface area contributed by atoms with E-state index in [-0.39, 0.29) is 24.3 Å². The highest BCUT2D eigenvalue weighted by atomic mass is 16.6. The van der Waals surface area contributed by atoms with Crippen LogP contribution in [0.1, 0.15) is 12.0 Å². The average Bonchev–Trinajstić information content (AvgIpc) is 3.25. The summed E-state index contributed by atoms with van der Waals surface area (Å²) in [5.41, 5.74) is 2.11. The van der Waals surface area contributed by atoms with Gasteiger partial charge >= 0.3 is 6.03 Å². The highest BCUT2D eigenvalue weighted by Crippen LogP contribution is 2.33. The maximum absolute atomic E-state index is 12.2. The quantitative estimate of drug-likeness (QED) is 0.869. The number of hydrogen-bond donors (Lipinski definition) is 2. The molecule has 0 spiro atoms. The molecule has 2 amide bonds. The Hall–Kier alpha value is -2.37. The number of aryl methyl sites for hydroxylation is 1. The van der Waals surface area contributed by atoms with Crippen molar-refractivity contribution in [1.29, 1.82) is 0 Å². The Morgan fingerprint density at radius 2 is 1.62 bits per heavy atom. The lowest BCUT2D eigenvalue weighted by molar-refractivity contribution is 0.0615. The fourth-order valence-corrected chi connectivity index (χ4v) is 3.80. The molecule has 2 saturated heterocycles. The van der Waals surface area contributed by atoms with E-state index in [9.17, 15) is 4.79 Å². The van der Waals surface area contributed by atoms with Crippen LogP contribution in [0.2, 0.25) is 0 Å². The van der Waals surface area contributed by atoms with E-state index in [0.29, 0.717) is 19.1 Å². The van der Waals surface area contributed by atoms with Crippen LogP contribution >= 0.6 is 0 Å². The molecule has 2 aromatic carbocycles. The largest absolute Gasteiger partial charge is 0.373 e. The number of carbonyl (C=O) groups excluding carboxylic acids is 1. The number of anilines is 1. The van der Waals surface area contributed by atoms with Crippen molar-refractivity contribution in [3.05, 3.63) is 66.2 Å². The standard InChI is InChI=1S/C21H24N2O3/c24-21(22-17-9-5-2-6-10-17)23-18-14-26-19-16(13-25-20(18)19)12-11-15-7-3-1-4-8-15/h1-10,16,18-20H,11-14H2,(H2,22,23,24)/t16-,18+,19?,20?/m1/s1. The van der Waals surface area contributed by atoms with Gasteiger partial charge in [-0.1, -0.05) is 48.5 Å². The van der Waals surface area contributed by atoms with E-state index in [1.165, 1.54) is 5.56 Å². The monoisotopic (exact) mass is 352 g/mol. The maximum atomic E-state index is 12.2. The van der Waals surface area contributed by atoms with Crippen molar-refractivity contribution in [2.75, 3.05) is 18.5 Å². The molecule has 2 aliphatic heterocycles. The van der Waals surface area contributed by atoms with Gasteiger partial charge in [-0.15, -0.1) is 0 Å². The molecule has 4 rings (SSSR count). The molecule has 0 radical (unpaired) electrons. The van der Waals surface area contributed by atoms with Crippen molar-refractivity contribution in [2.24, 2.45) is 5.92 Å². The number of ether oxygens (including phenoxy) is 2. The van der Waals surface area contributed by atoms with Gasteiger partial charge in [-0.05, 0) is 30.5 Å². The summed E-state index contributed by atoms with van der Waals surface area (Å²) in [7, 11) is 0. The van der Waals surface area contributed by atoms with Gasteiger partial charge in [0, 0.05) is 11.6 Å². The molecule has 136 valence electrons. The van der Waals surface area contributed by atoms with E-state index < -0.39 is 0 Å². The zero-order valence-corrected chi connectivity index (χ0v) is 14.6. The fraction of sp³-hybridized carbons (Fsp3) is 0.381. The van der Waals surface area contributed by atoms with Gasteiger partial charge in [-0.25, -0.2) is 4.79 Å². The van der Waals surface area contributed by atoms with Crippen LogP contribution in [0.15, 0.2) is 60.7 Å². The van der Waals surface area contributed by atoms with Gasteiger partial charge in [0.2, 0.25) is 0 Å². The van der Waals surface area contributed by atoms with Crippen LogP contribution in [0.3, 0.4) is 0 Å². The van der Waals surface area contributed by atoms with Crippen LogP contribution in [-0.4, -0.2) is 37.5 Å². The number of para-hydroxylation sites is 1. The normalized spacial score (nSPS) is 27.1. The summed E-state index contributed by atoms with van der Waals surface area (Å²) < 4.78 is 11.9. The number of carbonyl (C=O) groups is 1. The summed E-state index contributed by atoms with van der Waals surface area (Å²) in [5, 5.41) is 5.84. The number of rotatable bonds is 5. The molecule has 0 aromatic heterocycles. The molecule has 2 heterocycles. The molecular formula is C21H24N2O3. The first-order valence-corrected chi connectivity index (χ1v) is 9.19. The average molecular weight is 352 g/mol. The summed E-state index contributed by atoms with van der Waals surface area (Å²) in [5.74, 6) is 0.379. The number of hydrogen-bond acceptors (Lipinski definition) is 3. The first-order chi connectivity index (χ1) is 12.8. The minimum atomic E-state index is -0.221. The zero-order chi connectivity index (χ0) is 17.8. The minimum absolute atomic E-state index is 0.0581. The number of fused-ring (bicyclic) bond motifs is 1. The van der Waals surface area contributed by atoms with E-state index in [4.69, 9.17) is 9.47 Å². The van der Waals surface area contributed by atoms with Crippen LogP contribution in [0.5, 0.6) is 0 Å². The summed E-state index contributed by atoms with van der Waals surface area (Å²) >= 11 is 0. The SMILES string of the molecule is O=C(Nc1ccccc1)N[C@H]1COC2C1OC[C@H]2CCc1ccccc1. The predicted octanol–water partition coefficient (Wildman–Crippen LogP) is 3.22. The van der Waals surface area contributed by atoms with E-state index in [1.807, 2.05) is 36.4 Å². The maximum Gasteiger partial charge on any atom is 0.319 e. The van der Waals surface area contributed by atoms with Crippen LogP contribution in [0.25, 0.3) is 0 Å². The lowest BCUT2D eigenvalue weighted by Gasteiger charge is -2.18. The van der Waals surface area contributed by atoms with Crippen LogP contribution in [0.4, 0.5) is 10.5 Å². The van der Waals surface area contributed by atoms with Gasteiger partial charge in [-0.3, -0.25) is 0 Å². The minimum Gasteiger partial charge on any atom is -0.373 e. The number of benzene rings is 2. The second-order valence-electron chi connectivity index (χ2n) is 6.95. The topological polar surface area (TPSA) is 59.6 Å². The Kier molecular flexibility index (Phi) is 5.18. The Bertz CT molecular complexity index is 723. The molecule has 2 N–H and O–H groups in total. The molecule has 4 atom stereocenters. The molecule has 2 unspecified atom stereocenters. The smallest absolute Gasteiger partial charge is 0.319 e. The number of amides is 2.